The first-order valence-corrected chi connectivity index (χ1v) is 5.62. The van der Waals surface area contributed by atoms with Gasteiger partial charge in [0.25, 0.3) is 0 Å². The van der Waals surface area contributed by atoms with E-state index in [9.17, 15) is 4.79 Å². The highest BCUT2D eigenvalue weighted by atomic mass is 16.5. The number of rotatable bonds is 4. The Morgan fingerprint density at radius 2 is 2.07 bits per heavy atom. The van der Waals surface area contributed by atoms with Crippen LogP contribution < -0.4 is 0 Å². The molecule has 1 heterocycles. The normalized spacial score (nSPS) is 21.3. The van der Waals surface area contributed by atoms with Crippen molar-refractivity contribution in [2.75, 3.05) is 26.8 Å². The first-order chi connectivity index (χ1) is 7.19. The van der Waals surface area contributed by atoms with Crippen molar-refractivity contribution >= 4 is 5.97 Å². The van der Waals surface area contributed by atoms with Crippen LogP contribution in [0.3, 0.4) is 0 Å². The van der Waals surface area contributed by atoms with Gasteiger partial charge in [-0.3, -0.25) is 9.69 Å². The van der Waals surface area contributed by atoms with Crippen LogP contribution in [-0.2, 0) is 14.3 Å². The Morgan fingerprint density at radius 1 is 1.47 bits per heavy atom. The molecule has 0 radical (unpaired) electrons. The van der Waals surface area contributed by atoms with E-state index in [0.717, 1.165) is 32.5 Å². The summed E-state index contributed by atoms with van der Waals surface area (Å²) in [7, 11) is 1.44. The lowest BCUT2D eigenvalue weighted by atomic mass is 10.1. The maximum Gasteiger partial charge on any atom is 0.322 e. The average molecular weight is 215 g/mol. The van der Waals surface area contributed by atoms with Gasteiger partial charge in [0, 0.05) is 19.7 Å². The lowest BCUT2D eigenvalue weighted by Crippen LogP contribution is -2.45. The van der Waals surface area contributed by atoms with Crippen LogP contribution in [0.4, 0.5) is 0 Å². The monoisotopic (exact) mass is 215 g/mol. The maximum absolute atomic E-state index is 11.3. The summed E-state index contributed by atoms with van der Waals surface area (Å²) >= 11 is 0. The third-order valence-electron chi connectivity index (χ3n) is 2.97. The van der Waals surface area contributed by atoms with Gasteiger partial charge in [-0.25, -0.2) is 0 Å². The minimum atomic E-state index is -0.148. The van der Waals surface area contributed by atoms with Gasteiger partial charge in [0.1, 0.15) is 6.04 Å². The Bertz CT molecular complexity index is 200. The molecular weight excluding hydrogens is 194 g/mol. The number of ether oxygens (including phenoxy) is 2. The predicted octanol–water partition coefficient (Wildman–Crippen LogP) is 1.05. The molecule has 15 heavy (non-hydrogen) atoms. The molecule has 1 unspecified atom stereocenters. The first-order valence-electron chi connectivity index (χ1n) is 5.62. The number of methoxy groups -OCH3 is 1. The molecular formula is C11H21NO3. The summed E-state index contributed by atoms with van der Waals surface area (Å²) < 4.78 is 10.3. The maximum atomic E-state index is 11.3. The van der Waals surface area contributed by atoms with Gasteiger partial charge in [-0.05, 0) is 26.7 Å². The number of likely N-dealkylation sites (tertiary alicyclic amines) is 1. The number of hydrogen-bond acceptors (Lipinski definition) is 4. The lowest BCUT2D eigenvalue weighted by molar-refractivity contribution is -0.147. The van der Waals surface area contributed by atoms with E-state index >= 15 is 0 Å². The minimum absolute atomic E-state index is 0.127. The van der Waals surface area contributed by atoms with Crippen molar-refractivity contribution in [2.24, 2.45) is 0 Å². The fraction of sp³-hybridized carbons (Fsp3) is 0.909. The van der Waals surface area contributed by atoms with Crippen LogP contribution in [0.15, 0.2) is 0 Å². The van der Waals surface area contributed by atoms with Crippen LogP contribution >= 0.6 is 0 Å². The van der Waals surface area contributed by atoms with Gasteiger partial charge in [-0.1, -0.05) is 0 Å². The standard InChI is InChI=1S/C11H21NO3/c1-4-15-10-5-7-12(8-6-10)9(2)11(13)14-3/h9-10H,4-8H2,1-3H3. The van der Waals surface area contributed by atoms with E-state index in [-0.39, 0.29) is 12.0 Å². The van der Waals surface area contributed by atoms with Gasteiger partial charge in [0.2, 0.25) is 0 Å². The predicted molar refractivity (Wildman–Crippen MR) is 57.7 cm³/mol. The minimum Gasteiger partial charge on any atom is -0.468 e. The summed E-state index contributed by atoms with van der Waals surface area (Å²) in [6.07, 6.45) is 2.39. The SMILES string of the molecule is CCOC1CCN(C(C)C(=O)OC)CC1. The molecule has 1 atom stereocenters. The largest absolute Gasteiger partial charge is 0.468 e. The molecule has 1 saturated heterocycles. The molecule has 0 bridgehead atoms. The molecule has 0 aromatic carbocycles. The Balaban J connectivity index is 2.33. The Hall–Kier alpha value is -0.610. The van der Waals surface area contributed by atoms with Crippen molar-refractivity contribution in [2.45, 2.75) is 38.8 Å². The molecule has 1 aliphatic heterocycles. The molecule has 4 heteroatoms. The van der Waals surface area contributed by atoms with Crippen LogP contribution in [0.1, 0.15) is 26.7 Å². The van der Waals surface area contributed by atoms with Gasteiger partial charge in [0.15, 0.2) is 0 Å². The quantitative estimate of drug-likeness (QED) is 0.657. The smallest absolute Gasteiger partial charge is 0.322 e. The molecule has 1 rings (SSSR count). The molecule has 0 aromatic heterocycles. The Labute approximate surface area is 91.5 Å². The molecule has 0 saturated carbocycles. The number of hydrogen-bond donors (Lipinski definition) is 0. The van der Waals surface area contributed by atoms with Crippen LogP contribution in [0.5, 0.6) is 0 Å². The van der Waals surface area contributed by atoms with Crippen LogP contribution in [0.25, 0.3) is 0 Å². The highest BCUT2D eigenvalue weighted by molar-refractivity contribution is 5.75. The van der Waals surface area contributed by atoms with Crippen LogP contribution in [-0.4, -0.2) is 49.8 Å². The molecule has 0 spiro atoms. The zero-order valence-corrected chi connectivity index (χ0v) is 9.86. The zero-order valence-electron chi connectivity index (χ0n) is 9.86. The van der Waals surface area contributed by atoms with Crippen LogP contribution in [0.2, 0.25) is 0 Å². The molecule has 1 aliphatic rings. The topological polar surface area (TPSA) is 38.8 Å². The first kappa shape index (κ1) is 12.5. The zero-order chi connectivity index (χ0) is 11.3. The van der Waals surface area contributed by atoms with Crippen molar-refractivity contribution < 1.29 is 14.3 Å². The molecule has 0 amide bonds. The van der Waals surface area contributed by atoms with E-state index in [1.54, 1.807) is 0 Å². The summed E-state index contributed by atoms with van der Waals surface area (Å²) in [5.41, 5.74) is 0. The molecule has 0 aromatic rings. The van der Waals surface area contributed by atoms with Crippen LogP contribution in [0, 0.1) is 0 Å². The van der Waals surface area contributed by atoms with E-state index in [2.05, 4.69) is 4.90 Å². The van der Waals surface area contributed by atoms with Gasteiger partial charge in [-0.15, -0.1) is 0 Å². The average Bonchev–Trinajstić information content (AvgIpc) is 2.28. The van der Waals surface area contributed by atoms with Crippen molar-refractivity contribution in [3.8, 4) is 0 Å². The molecule has 0 aliphatic carbocycles. The highest BCUT2D eigenvalue weighted by Crippen LogP contribution is 2.16. The highest BCUT2D eigenvalue weighted by Gasteiger charge is 2.26. The van der Waals surface area contributed by atoms with Gasteiger partial charge in [-0.2, -0.15) is 0 Å². The second kappa shape index (κ2) is 6.08. The number of carbonyl (C=O) groups excluding carboxylic acids is 1. The van der Waals surface area contributed by atoms with Gasteiger partial charge in [0.05, 0.1) is 13.2 Å². The third kappa shape index (κ3) is 3.47. The lowest BCUT2D eigenvalue weighted by Gasteiger charge is -2.34. The Kier molecular flexibility index (Phi) is 5.05. The van der Waals surface area contributed by atoms with Crippen molar-refractivity contribution in [3.63, 3.8) is 0 Å². The molecule has 0 N–H and O–H groups in total. The number of piperidine rings is 1. The molecule has 4 nitrogen and oxygen atoms in total. The van der Waals surface area contributed by atoms with Crippen molar-refractivity contribution in [1.29, 1.82) is 0 Å². The van der Waals surface area contributed by atoms with E-state index in [1.807, 2.05) is 13.8 Å². The summed E-state index contributed by atoms with van der Waals surface area (Å²) in [5.74, 6) is -0.148. The van der Waals surface area contributed by atoms with E-state index in [0.29, 0.717) is 6.10 Å². The fourth-order valence-electron chi connectivity index (χ4n) is 1.99. The van der Waals surface area contributed by atoms with E-state index < -0.39 is 0 Å². The number of carbonyl (C=O) groups is 1. The number of nitrogens with zero attached hydrogens (tertiary/aromatic N) is 1. The van der Waals surface area contributed by atoms with E-state index in [1.165, 1.54) is 7.11 Å². The second-order valence-electron chi connectivity index (χ2n) is 3.89. The van der Waals surface area contributed by atoms with Crippen molar-refractivity contribution in [3.05, 3.63) is 0 Å². The molecule has 88 valence electrons. The summed E-state index contributed by atoms with van der Waals surface area (Å²) in [4.78, 5) is 13.5. The second-order valence-corrected chi connectivity index (χ2v) is 3.89. The number of esters is 1. The van der Waals surface area contributed by atoms with E-state index in [4.69, 9.17) is 9.47 Å². The summed E-state index contributed by atoms with van der Waals surface area (Å²) in [6, 6.07) is -0.127. The summed E-state index contributed by atoms with van der Waals surface area (Å²) in [6.45, 7) is 6.52. The third-order valence-corrected chi connectivity index (χ3v) is 2.97. The Morgan fingerprint density at radius 3 is 2.53 bits per heavy atom. The summed E-state index contributed by atoms with van der Waals surface area (Å²) in [5, 5.41) is 0. The molecule has 1 fully saturated rings. The van der Waals surface area contributed by atoms with Gasteiger partial charge < -0.3 is 9.47 Å². The van der Waals surface area contributed by atoms with Gasteiger partial charge >= 0.3 is 5.97 Å². The van der Waals surface area contributed by atoms with Crippen molar-refractivity contribution in [1.82, 2.24) is 4.90 Å². The fourth-order valence-corrected chi connectivity index (χ4v) is 1.99.